The van der Waals surface area contributed by atoms with E-state index in [9.17, 15) is 4.79 Å². The summed E-state index contributed by atoms with van der Waals surface area (Å²) in [4.78, 5) is 14.3. The zero-order chi connectivity index (χ0) is 15.7. The van der Waals surface area contributed by atoms with Crippen molar-refractivity contribution in [3.05, 3.63) is 75.2 Å². The quantitative estimate of drug-likeness (QED) is 0.762. The van der Waals surface area contributed by atoms with E-state index in [0.717, 1.165) is 21.8 Å². The lowest BCUT2D eigenvalue weighted by Gasteiger charge is -2.01. The standard InChI is InChI=1S/C17H15ClN2OS/c1-11-3-7-14(8-4-11)20-17(21)16(12(2)19-20)22-15-9-5-13(18)6-10-15/h3-10,19H,1-2H3. The van der Waals surface area contributed by atoms with E-state index in [2.05, 4.69) is 5.10 Å². The molecule has 0 saturated heterocycles. The van der Waals surface area contributed by atoms with Crippen LogP contribution in [0, 0.1) is 13.8 Å². The highest BCUT2D eigenvalue weighted by molar-refractivity contribution is 7.99. The van der Waals surface area contributed by atoms with Crippen LogP contribution in [0.15, 0.2) is 63.1 Å². The molecular weight excluding hydrogens is 316 g/mol. The van der Waals surface area contributed by atoms with Crippen LogP contribution in [0.3, 0.4) is 0 Å². The Labute approximate surface area is 137 Å². The van der Waals surface area contributed by atoms with Gasteiger partial charge in [-0.25, -0.2) is 4.68 Å². The molecule has 22 heavy (non-hydrogen) atoms. The molecule has 0 amide bonds. The monoisotopic (exact) mass is 330 g/mol. The summed E-state index contributed by atoms with van der Waals surface area (Å²) >= 11 is 7.34. The van der Waals surface area contributed by atoms with Crippen LogP contribution in [0.25, 0.3) is 5.69 Å². The zero-order valence-electron chi connectivity index (χ0n) is 12.3. The summed E-state index contributed by atoms with van der Waals surface area (Å²) in [7, 11) is 0. The Balaban J connectivity index is 1.98. The summed E-state index contributed by atoms with van der Waals surface area (Å²) in [5.74, 6) is 0. The molecule has 3 rings (SSSR count). The predicted octanol–water partition coefficient (Wildman–Crippen LogP) is 4.59. The fourth-order valence-electron chi connectivity index (χ4n) is 2.15. The lowest BCUT2D eigenvalue weighted by molar-refractivity contribution is 0.834. The number of hydrogen-bond donors (Lipinski definition) is 1. The number of hydrogen-bond acceptors (Lipinski definition) is 2. The first kappa shape index (κ1) is 15.0. The number of aromatic amines is 1. The van der Waals surface area contributed by atoms with Crippen LogP contribution in [-0.4, -0.2) is 9.78 Å². The van der Waals surface area contributed by atoms with E-state index in [-0.39, 0.29) is 5.56 Å². The molecule has 0 aliphatic heterocycles. The molecule has 3 aromatic rings. The molecule has 1 heterocycles. The highest BCUT2D eigenvalue weighted by Crippen LogP contribution is 2.28. The zero-order valence-corrected chi connectivity index (χ0v) is 13.8. The fraction of sp³-hybridized carbons (Fsp3) is 0.118. The number of nitrogens with one attached hydrogen (secondary N) is 1. The summed E-state index contributed by atoms with van der Waals surface area (Å²) in [5, 5.41) is 3.82. The van der Waals surface area contributed by atoms with Gasteiger partial charge in [-0.05, 0) is 50.2 Å². The van der Waals surface area contributed by atoms with Crippen LogP contribution >= 0.6 is 23.4 Å². The Morgan fingerprint density at radius 2 is 1.64 bits per heavy atom. The van der Waals surface area contributed by atoms with Crippen LogP contribution in [0.1, 0.15) is 11.3 Å². The van der Waals surface area contributed by atoms with Crippen molar-refractivity contribution in [2.24, 2.45) is 0 Å². The first-order chi connectivity index (χ1) is 10.5. The number of aryl methyl sites for hydroxylation is 2. The highest BCUT2D eigenvalue weighted by atomic mass is 35.5. The Morgan fingerprint density at radius 1 is 1.00 bits per heavy atom. The number of halogens is 1. The summed E-state index contributed by atoms with van der Waals surface area (Å²) in [6, 6.07) is 15.3. The third-order valence-electron chi connectivity index (χ3n) is 3.34. The molecule has 0 unspecified atom stereocenters. The summed E-state index contributed by atoms with van der Waals surface area (Å²) in [5.41, 5.74) is 2.81. The van der Waals surface area contributed by atoms with Crippen molar-refractivity contribution in [3.8, 4) is 5.69 Å². The number of H-pyrrole nitrogens is 1. The number of nitrogens with zero attached hydrogens (tertiary/aromatic N) is 1. The van der Waals surface area contributed by atoms with Gasteiger partial charge >= 0.3 is 0 Å². The average Bonchev–Trinajstić information content (AvgIpc) is 2.78. The van der Waals surface area contributed by atoms with Crippen molar-refractivity contribution in [1.82, 2.24) is 9.78 Å². The molecule has 0 saturated carbocycles. The maximum Gasteiger partial charge on any atom is 0.285 e. The molecule has 3 nitrogen and oxygen atoms in total. The molecule has 2 aromatic carbocycles. The predicted molar refractivity (Wildman–Crippen MR) is 91.4 cm³/mol. The molecule has 0 radical (unpaired) electrons. The van der Waals surface area contributed by atoms with Gasteiger partial charge in [-0.3, -0.25) is 9.89 Å². The topological polar surface area (TPSA) is 37.8 Å². The van der Waals surface area contributed by atoms with Crippen molar-refractivity contribution in [3.63, 3.8) is 0 Å². The van der Waals surface area contributed by atoms with Crippen molar-refractivity contribution in [1.29, 1.82) is 0 Å². The minimum Gasteiger partial charge on any atom is -0.294 e. The van der Waals surface area contributed by atoms with E-state index >= 15 is 0 Å². The number of aromatic nitrogens is 2. The highest BCUT2D eigenvalue weighted by Gasteiger charge is 2.13. The normalized spacial score (nSPS) is 10.9. The van der Waals surface area contributed by atoms with Crippen molar-refractivity contribution in [2.75, 3.05) is 0 Å². The third kappa shape index (κ3) is 2.98. The van der Waals surface area contributed by atoms with Gasteiger partial charge in [0.15, 0.2) is 0 Å². The average molecular weight is 331 g/mol. The van der Waals surface area contributed by atoms with E-state index in [1.54, 1.807) is 4.68 Å². The first-order valence-corrected chi connectivity index (χ1v) is 8.06. The molecular formula is C17H15ClN2OS. The van der Waals surface area contributed by atoms with Gasteiger partial charge in [-0.15, -0.1) is 0 Å². The number of benzene rings is 2. The lowest BCUT2D eigenvalue weighted by atomic mass is 10.2. The minimum atomic E-state index is -0.0405. The summed E-state index contributed by atoms with van der Waals surface area (Å²) < 4.78 is 1.58. The van der Waals surface area contributed by atoms with Gasteiger partial charge in [0.25, 0.3) is 5.56 Å². The van der Waals surface area contributed by atoms with Gasteiger partial charge in [-0.2, -0.15) is 0 Å². The van der Waals surface area contributed by atoms with Gasteiger partial charge < -0.3 is 0 Å². The molecule has 0 aliphatic rings. The molecule has 112 valence electrons. The Morgan fingerprint density at radius 3 is 2.27 bits per heavy atom. The molecule has 0 aliphatic carbocycles. The Bertz CT molecular complexity index is 848. The van der Waals surface area contributed by atoms with Crippen LogP contribution in [0.4, 0.5) is 0 Å². The van der Waals surface area contributed by atoms with E-state index < -0.39 is 0 Å². The van der Waals surface area contributed by atoms with Gasteiger partial charge in [-0.1, -0.05) is 41.1 Å². The molecule has 5 heteroatoms. The van der Waals surface area contributed by atoms with E-state index in [0.29, 0.717) is 9.92 Å². The molecule has 1 N–H and O–H groups in total. The second-order valence-electron chi connectivity index (χ2n) is 5.10. The summed E-state index contributed by atoms with van der Waals surface area (Å²) in [6.45, 7) is 3.93. The van der Waals surface area contributed by atoms with Crippen LogP contribution < -0.4 is 5.56 Å². The van der Waals surface area contributed by atoms with Crippen LogP contribution in [0.2, 0.25) is 5.02 Å². The van der Waals surface area contributed by atoms with Crippen molar-refractivity contribution < 1.29 is 0 Å². The molecule has 0 spiro atoms. The molecule has 0 bridgehead atoms. The van der Waals surface area contributed by atoms with Gasteiger partial charge in [0, 0.05) is 15.6 Å². The SMILES string of the molecule is Cc1ccc(-n2[nH]c(C)c(Sc3ccc(Cl)cc3)c2=O)cc1. The second kappa shape index (κ2) is 6.07. The largest absolute Gasteiger partial charge is 0.294 e. The number of rotatable bonds is 3. The van der Waals surface area contributed by atoms with Crippen LogP contribution in [0.5, 0.6) is 0 Å². The van der Waals surface area contributed by atoms with Crippen molar-refractivity contribution in [2.45, 2.75) is 23.6 Å². The van der Waals surface area contributed by atoms with E-state index in [1.807, 2.05) is 62.4 Å². The first-order valence-electron chi connectivity index (χ1n) is 6.86. The Hall–Kier alpha value is -1.91. The third-order valence-corrected chi connectivity index (χ3v) is 4.79. The molecule has 0 atom stereocenters. The van der Waals surface area contributed by atoms with Crippen molar-refractivity contribution >= 4 is 23.4 Å². The van der Waals surface area contributed by atoms with Gasteiger partial charge in [0.2, 0.25) is 0 Å². The second-order valence-corrected chi connectivity index (χ2v) is 6.62. The lowest BCUT2D eigenvalue weighted by Crippen LogP contribution is -2.15. The maximum absolute atomic E-state index is 12.6. The maximum atomic E-state index is 12.6. The van der Waals surface area contributed by atoms with E-state index in [4.69, 9.17) is 11.6 Å². The summed E-state index contributed by atoms with van der Waals surface area (Å²) in [6.07, 6.45) is 0. The smallest absolute Gasteiger partial charge is 0.285 e. The van der Waals surface area contributed by atoms with Gasteiger partial charge in [0.05, 0.1) is 10.6 Å². The fourth-order valence-corrected chi connectivity index (χ4v) is 3.16. The molecule has 0 fully saturated rings. The van der Waals surface area contributed by atoms with Crippen LogP contribution in [-0.2, 0) is 0 Å². The van der Waals surface area contributed by atoms with Gasteiger partial charge in [0.1, 0.15) is 0 Å². The molecule has 1 aromatic heterocycles. The Kier molecular flexibility index (Phi) is 4.14. The minimum absolute atomic E-state index is 0.0405. The van der Waals surface area contributed by atoms with E-state index in [1.165, 1.54) is 11.8 Å².